The molecule has 2 rings (SSSR count). The molecule has 6 nitrogen and oxygen atoms in total. The molecule has 0 bridgehead atoms. The second-order valence-corrected chi connectivity index (χ2v) is 6.55. The first-order chi connectivity index (χ1) is 9.59. The van der Waals surface area contributed by atoms with Crippen LogP contribution in [0.2, 0.25) is 0 Å². The van der Waals surface area contributed by atoms with Crippen LogP contribution in [0.1, 0.15) is 5.56 Å². The van der Waals surface area contributed by atoms with Gasteiger partial charge in [0.15, 0.2) is 0 Å². The van der Waals surface area contributed by atoms with Gasteiger partial charge in [-0.1, -0.05) is 0 Å². The van der Waals surface area contributed by atoms with Gasteiger partial charge >= 0.3 is 0 Å². The Labute approximate surface area is 119 Å². The number of nitrogens with zero attached hydrogens (tertiary/aromatic N) is 1. The van der Waals surface area contributed by atoms with E-state index in [4.69, 9.17) is 9.84 Å². The average molecular weight is 300 g/mol. The number of ether oxygens (including phenoxy) is 1. The van der Waals surface area contributed by atoms with Gasteiger partial charge in [-0.2, -0.15) is 4.31 Å². The molecule has 0 spiro atoms. The van der Waals surface area contributed by atoms with E-state index in [1.165, 1.54) is 11.4 Å². The highest BCUT2D eigenvalue weighted by Gasteiger charge is 2.25. The van der Waals surface area contributed by atoms with E-state index in [1.54, 1.807) is 18.2 Å². The van der Waals surface area contributed by atoms with Crippen molar-refractivity contribution >= 4 is 15.7 Å². The Kier molecular flexibility index (Phi) is 4.98. The highest BCUT2D eigenvalue weighted by Crippen LogP contribution is 2.26. The van der Waals surface area contributed by atoms with Crippen LogP contribution in [0.3, 0.4) is 0 Å². The van der Waals surface area contributed by atoms with E-state index in [-0.39, 0.29) is 24.6 Å². The van der Waals surface area contributed by atoms with Crippen LogP contribution in [0.15, 0.2) is 23.1 Å². The van der Waals surface area contributed by atoms with Gasteiger partial charge in [-0.25, -0.2) is 8.42 Å². The lowest BCUT2D eigenvalue weighted by molar-refractivity contribution is 0.168. The highest BCUT2D eigenvalue weighted by molar-refractivity contribution is 7.89. The number of rotatable bonds is 7. The van der Waals surface area contributed by atoms with Gasteiger partial charge in [0.05, 0.1) is 18.1 Å². The Hall–Kier alpha value is -1.15. The standard InChI is InChI=1S/C13H20N2O4S/c1-19-9-7-15(6-8-16)20(17,18)12-2-3-13-11(10-12)4-5-14-13/h2-3,10,14,16H,4-9H2,1H3. The lowest BCUT2D eigenvalue weighted by Crippen LogP contribution is -2.36. The molecule has 0 saturated heterocycles. The minimum atomic E-state index is -3.59. The third-order valence-corrected chi connectivity index (χ3v) is 5.21. The maximum atomic E-state index is 12.6. The van der Waals surface area contributed by atoms with Gasteiger partial charge in [0.25, 0.3) is 0 Å². The molecule has 0 saturated carbocycles. The summed E-state index contributed by atoms with van der Waals surface area (Å²) in [6.45, 7) is 1.22. The maximum absolute atomic E-state index is 12.6. The molecule has 1 heterocycles. The number of hydrogen-bond acceptors (Lipinski definition) is 5. The minimum Gasteiger partial charge on any atom is -0.395 e. The number of aliphatic hydroxyl groups is 1. The molecule has 0 atom stereocenters. The third kappa shape index (κ3) is 3.12. The van der Waals surface area contributed by atoms with Crippen molar-refractivity contribution in [1.82, 2.24) is 4.31 Å². The number of anilines is 1. The monoisotopic (exact) mass is 300 g/mol. The lowest BCUT2D eigenvalue weighted by atomic mass is 10.2. The van der Waals surface area contributed by atoms with E-state index in [9.17, 15) is 8.42 Å². The van der Waals surface area contributed by atoms with E-state index < -0.39 is 10.0 Å². The number of methoxy groups -OCH3 is 1. The smallest absolute Gasteiger partial charge is 0.243 e. The molecule has 0 fully saturated rings. The summed E-state index contributed by atoms with van der Waals surface area (Å²) in [4.78, 5) is 0.268. The van der Waals surface area contributed by atoms with Crippen LogP contribution in [0.5, 0.6) is 0 Å². The van der Waals surface area contributed by atoms with Gasteiger partial charge in [-0.05, 0) is 30.2 Å². The van der Waals surface area contributed by atoms with Gasteiger partial charge in [-0.15, -0.1) is 0 Å². The van der Waals surface area contributed by atoms with Gasteiger partial charge in [0, 0.05) is 32.4 Å². The van der Waals surface area contributed by atoms with Crippen LogP contribution in [0.25, 0.3) is 0 Å². The number of nitrogens with one attached hydrogen (secondary N) is 1. The molecule has 0 radical (unpaired) electrons. The van der Waals surface area contributed by atoms with Gasteiger partial charge in [0.1, 0.15) is 0 Å². The quantitative estimate of drug-likeness (QED) is 0.756. The van der Waals surface area contributed by atoms with Gasteiger partial charge in [0.2, 0.25) is 10.0 Å². The average Bonchev–Trinajstić information content (AvgIpc) is 2.90. The first-order valence-electron chi connectivity index (χ1n) is 6.56. The van der Waals surface area contributed by atoms with Crippen LogP contribution in [0, 0.1) is 0 Å². The lowest BCUT2D eigenvalue weighted by Gasteiger charge is -2.21. The van der Waals surface area contributed by atoms with Crippen molar-refractivity contribution in [3.63, 3.8) is 0 Å². The summed E-state index contributed by atoms with van der Waals surface area (Å²) in [7, 11) is -2.07. The third-order valence-electron chi connectivity index (χ3n) is 3.32. The fourth-order valence-corrected chi connectivity index (χ4v) is 3.71. The number of fused-ring (bicyclic) bond motifs is 1. The molecule has 7 heteroatoms. The normalized spacial score (nSPS) is 14.3. The van der Waals surface area contributed by atoms with Crippen molar-refractivity contribution in [2.75, 3.05) is 45.3 Å². The van der Waals surface area contributed by atoms with Crippen LogP contribution < -0.4 is 5.32 Å². The predicted molar refractivity (Wildman–Crippen MR) is 76.4 cm³/mol. The number of sulfonamides is 1. The van der Waals surface area contributed by atoms with E-state index in [0.29, 0.717) is 6.61 Å². The van der Waals surface area contributed by atoms with Crippen molar-refractivity contribution < 1.29 is 18.3 Å². The Morgan fingerprint density at radius 3 is 2.90 bits per heavy atom. The Bertz CT molecular complexity index is 559. The zero-order chi connectivity index (χ0) is 14.6. The van der Waals surface area contributed by atoms with E-state index in [2.05, 4.69) is 5.32 Å². The van der Waals surface area contributed by atoms with Crippen LogP contribution in [-0.2, 0) is 21.2 Å². The summed E-state index contributed by atoms with van der Waals surface area (Å²) < 4.78 is 31.3. The molecular weight excluding hydrogens is 280 g/mol. The first-order valence-corrected chi connectivity index (χ1v) is 8.00. The predicted octanol–water partition coefficient (Wildman–Crippen LogP) is 0.284. The molecular formula is C13H20N2O4S. The van der Waals surface area contributed by atoms with Gasteiger partial charge in [-0.3, -0.25) is 0 Å². The van der Waals surface area contributed by atoms with Crippen molar-refractivity contribution in [3.8, 4) is 0 Å². The largest absolute Gasteiger partial charge is 0.395 e. The van der Waals surface area contributed by atoms with E-state index in [1.807, 2.05) is 0 Å². The SMILES string of the molecule is COCCN(CCO)S(=O)(=O)c1ccc2c(c1)CCN2. The maximum Gasteiger partial charge on any atom is 0.243 e. The molecule has 112 valence electrons. The summed E-state index contributed by atoms with van der Waals surface area (Å²) >= 11 is 0. The molecule has 1 aliphatic heterocycles. The fourth-order valence-electron chi connectivity index (χ4n) is 2.25. The molecule has 1 aliphatic rings. The molecule has 20 heavy (non-hydrogen) atoms. The second kappa shape index (κ2) is 6.53. The summed E-state index contributed by atoms with van der Waals surface area (Å²) in [5.41, 5.74) is 2.01. The topological polar surface area (TPSA) is 78.9 Å². The molecule has 1 aromatic carbocycles. The Morgan fingerprint density at radius 2 is 2.20 bits per heavy atom. The summed E-state index contributed by atoms with van der Waals surface area (Å²) in [6, 6.07) is 5.11. The minimum absolute atomic E-state index is 0.0705. The van der Waals surface area contributed by atoms with E-state index in [0.717, 1.165) is 24.2 Å². The molecule has 1 aromatic rings. The molecule has 0 amide bonds. The first kappa shape index (κ1) is 15.2. The van der Waals surface area contributed by atoms with Crippen molar-refractivity contribution in [3.05, 3.63) is 23.8 Å². The summed E-state index contributed by atoms with van der Waals surface area (Å²) in [5.74, 6) is 0. The summed E-state index contributed by atoms with van der Waals surface area (Å²) in [5, 5.41) is 12.2. The van der Waals surface area contributed by atoms with Gasteiger partial charge < -0.3 is 15.2 Å². The highest BCUT2D eigenvalue weighted by atomic mass is 32.2. The number of benzene rings is 1. The molecule has 0 aliphatic carbocycles. The number of aliphatic hydroxyl groups excluding tert-OH is 1. The Morgan fingerprint density at radius 1 is 1.40 bits per heavy atom. The molecule has 2 N–H and O–H groups in total. The zero-order valence-corrected chi connectivity index (χ0v) is 12.3. The Balaban J connectivity index is 2.27. The second-order valence-electron chi connectivity index (χ2n) is 4.62. The van der Waals surface area contributed by atoms with Crippen LogP contribution >= 0.6 is 0 Å². The van der Waals surface area contributed by atoms with E-state index >= 15 is 0 Å². The summed E-state index contributed by atoms with van der Waals surface area (Å²) in [6.07, 6.45) is 0.830. The fraction of sp³-hybridized carbons (Fsp3) is 0.538. The van der Waals surface area contributed by atoms with Crippen molar-refractivity contribution in [2.45, 2.75) is 11.3 Å². The van der Waals surface area contributed by atoms with Crippen LogP contribution in [-0.4, -0.2) is 57.8 Å². The molecule has 0 unspecified atom stereocenters. The van der Waals surface area contributed by atoms with Crippen LogP contribution in [0.4, 0.5) is 5.69 Å². The van der Waals surface area contributed by atoms with Crippen molar-refractivity contribution in [1.29, 1.82) is 0 Å². The zero-order valence-electron chi connectivity index (χ0n) is 11.5. The van der Waals surface area contributed by atoms with Crippen molar-refractivity contribution in [2.24, 2.45) is 0 Å². The number of hydrogen-bond donors (Lipinski definition) is 2. The molecule has 0 aromatic heterocycles.